The second-order valence-corrected chi connectivity index (χ2v) is 12.8. The molecule has 1 aromatic carbocycles. The molecule has 2 N–H and O–H groups in total. The van der Waals surface area contributed by atoms with Crippen molar-refractivity contribution in [3.8, 4) is 6.01 Å². The summed E-state index contributed by atoms with van der Waals surface area (Å²) in [5.74, 6) is 0.117. The predicted octanol–water partition coefficient (Wildman–Crippen LogP) is 2.27. The van der Waals surface area contributed by atoms with E-state index in [0.717, 1.165) is 58.2 Å². The molecule has 0 saturated carbocycles. The zero-order valence-corrected chi connectivity index (χ0v) is 25.1. The van der Waals surface area contributed by atoms with E-state index in [4.69, 9.17) is 14.7 Å². The van der Waals surface area contributed by atoms with Crippen LogP contribution in [0.3, 0.4) is 0 Å². The van der Waals surface area contributed by atoms with Gasteiger partial charge in [0.05, 0.1) is 0 Å². The summed E-state index contributed by atoms with van der Waals surface area (Å²) in [7, 11) is 0. The number of carbonyl (C=O) groups excluding carboxylic acids is 2. The summed E-state index contributed by atoms with van der Waals surface area (Å²) in [4.78, 5) is 36.1. The van der Waals surface area contributed by atoms with Crippen molar-refractivity contribution in [2.45, 2.75) is 56.8 Å². The van der Waals surface area contributed by atoms with Crippen LogP contribution in [-0.2, 0) is 14.8 Å². The van der Waals surface area contributed by atoms with Gasteiger partial charge in [-0.3, -0.25) is 0 Å². The number of nitrogens with one attached hydrogen (secondary N) is 2. The summed E-state index contributed by atoms with van der Waals surface area (Å²) in [6.45, 7) is 10.9. The van der Waals surface area contributed by atoms with Crippen LogP contribution in [0.2, 0.25) is 0 Å². The average Bonchev–Trinajstić information content (AvgIpc) is 3.41. The summed E-state index contributed by atoms with van der Waals surface area (Å²) in [6.07, 6.45) is 6.54. The summed E-state index contributed by atoms with van der Waals surface area (Å²) in [5.41, 5.74) is 3.83. The molecule has 11 heteroatoms. The molecule has 2 saturated heterocycles. The zero-order chi connectivity index (χ0) is 28.1. The summed E-state index contributed by atoms with van der Waals surface area (Å²) < 4.78 is 9.01. The minimum absolute atomic E-state index is 0.00563. The fourth-order valence-electron chi connectivity index (χ4n) is 5.13. The molecule has 1 radical (unpaired) electrons. The van der Waals surface area contributed by atoms with Crippen molar-refractivity contribution >= 4 is 43.5 Å². The predicted molar refractivity (Wildman–Crippen MR) is 155 cm³/mol. The monoisotopic (exact) mass is 606 g/mol. The van der Waals surface area contributed by atoms with Crippen LogP contribution in [-0.4, -0.2) is 84.3 Å². The molecule has 2 aliphatic heterocycles. The Morgan fingerprint density at radius 3 is 2.70 bits per heavy atom. The van der Waals surface area contributed by atoms with E-state index in [1.165, 1.54) is 6.08 Å². The molecule has 5 rings (SSSR count). The van der Waals surface area contributed by atoms with Gasteiger partial charge in [-0.15, -0.1) is 0 Å². The Hall–Kier alpha value is -3.23. The second-order valence-electron chi connectivity index (χ2n) is 10.7. The van der Waals surface area contributed by atoms with Gasteiger partial charge >= 0.3 is 235 Å². The number of rotatable bonds is 9. The third-order valence-corrected chi connectivity index (χ3v) is 9.79. The number of hydrogen-bond donors (Lipinski definition) is 2. The molecule has 2 aromatic heterocycles. The molecule has 2 aliphatic rings. The van der Waals surface area contributed by atoms with Crippen LogP contribution >= 0.6 is 0 Å². The number of likely N-dealkylation sites (tertiary alicyclic amines) is 1. The van der Waals surface area contributed by atoms with Crippen LogP contribution in [0, 0.1) is 5.92 Å². The fraction of sp³-hybridized carbons (Fsp3) is 0.483. The fourth-order valence-corrected chi connectivity index (χ4v) is 7.14. The SMILES string of the molecule is C=CC(=O)N1CCC(C(=O)Nc2cccc(C[As]c3nc(OC4CCNCC4)nc4c(C(C)C)cnn34)c2)CC1. The second kappa shape index (κ2) is 13.0. The van der Waals surface area contributed by atoms with Crippen molar-refractivity contribution in [3.63, 3.8) is 0 Å². The van der Waals surface area contributed by atoms with Gasteiger partial charge in [-0.1, -0.05) is 6.58 Å². The molecule has 4 heterocycles. The summed E-state index contributed by atoms with van der Waals surface area (Å²) in [5, 5.41) is 11.9. The van der Waals surface area contributed by atoms with E-state index in [9.17, 15) is 9.59 Å². The van der Waals surface area contributed by atoms with Crippen LogP contribution in [0.5, 0.6) is 6.01 Å². The molecule has 0 bridgehead atoms. The molecule has 0 spiro atoms. The molecular formula is C29H37AsN7O3. The first-order chi connectivity index (χ1) is 19.4. The van der Waals surface area contributed by atoms with Gasteiger partial charge < -0.3 is 0 Å². The Morgan fingerprint density at radius 1 is 1.20 bits per heavy atom. The first-order valence-corrected chi connectivity index (χ1v) is 16.3. The van der Waals surface area contributed by atoms with Crippen molar-refractivity contribution in [2.24, 2.45) is 5.92 Å². The first kappa shape index (κ1) is 28.3. The molecular weight excluding hydrogens is 569 g/mol. The van der Waals surface area contributed by atoms with E-state index in [2.05, 4.69) is 42.2 Å². The Balaban J connectivity index is 1.26. The minimum atomic E-state index is -0.385. The van der Waals surface area contributed by atoms with Gasteiger partial charge in [0.15, 0.2) is 0 Å². The third-order valence-electron chi connectivity index (χ3n) is 7.49. The average molecular weight is 607 g/mol. The van der Waals surface area contributed by atoms with Crippen LogP contribution < -0.4 is 20.0 Å². The van der Waals surface area contributed by atoms with E-state index < -0.39 is 0 Å². The Labute approximate surface area is 241 Å². The number of anilines is 1. The van der Waals surface area contributed by atoms with E-state index >= 15 is 0 Å². The number of nitrogens with zero attached hydrogens (tertiary/aromatic N) is 5. The van der Waals surface area contributed by atoms with Crippen LogP contribution in [0.1, 0.15) is 56.6 Å². The van der Waals surface area contributed by atoms with Crippen LogP contribution in [0.15, 0.2) is 43.1 Å². The van der Waals surface area contributed by atoms with Gasteiger partial charge in [0.2, 0.25) is 0 Å². The van der Waals surface area contributed by atoms with E-state index in [1.807, 2.05) is 28.9 Å². The third kappa shape index (κ3) is 6.73. The van der Waals surface area contributed by atoms with Crippen molar-refractivity contribution in [2.75, 3.05) is 31.5 Å². The number of aromatic nitrogens is 4. The Bertz CT molecular complexity index is 1360. The molecule has 3 aromatic rings. The van der Waals surface area contributed by atoms with Gasteiger partial charge in [0.25, 0.3) is 0 Å². The van der Waals surface area contributed by atoms with E-state index in [1.54, 1.807) is 4.90 Å². The molecule has 40 heavy (non-hydrogen) atoms. The summed E-state index contributed by atoms with van der Waals surface area (Å²) in [6, 6.07) is 8.46. The van der Waals surface area contributed by atoms with Gasteiger partial charge in [-0.25, -0.2) is 0 Å². The van der Waals surface area contributed by atoms with Crippen molar-refractivity contribution in [1.29, 1.82) is 0 Å². The maximum atomic E-state index is 12.9. The molecule has 211 valence electrons. The molecule has 0 atom stereocenters. The van der Waals surface area contributed by atoms with E-state index in [-0.39, 0.29) is 39.6 Å². The van der Waals surface area contributed by atoms with Gasteiger partial charge in [0.1, 0.15) is 0 Å². The number of hydrogen-bond acceptors (Lipinski definition) is 7. The topological polar surface area (TPSA) is 114 Å². The van der Waals surface area contributed by atoms with Gasteiger partial charge in [-0.2, -0.15) is 0 Å². The first-order valence-electron chi connectivity index (χ1n) is 14.0. The molecule has 2 fully saturated rings. The number of piperidine rings is 2. The normalized spacial score (nSPS) is 17.1. The van der Waals surface area contributed by atoms with Crippen molar-refractivity contribution in [1.82, 2.24) is 29.8 Å². The number of benzene rings is 1. The van der Waals surface area contributed by atoms with Gasteiger partial charge in [-0.05, 0) is 0 Å². The number of fused-ring (bicyclic) bond motifs is 1. The molecule has 0 aliphatic carbocycles. The summed E-state index contributed by atoms with van der Waals surface area (Å²) >= 11 is -0.385. The number of ether oxygens (including phenoxy) is 1. The molecule has 2 amide bonds. The van der Waals surface area contributed by atoms with Crippen LogP contribution in [0.4, 0.5) is 5.69 Å². The number of carbonyl (C=O) groups is 2. The Kier molecular flexibility index (Phi) is 9.17. The quantitative estimate of drug-likeness (QED) is 0.284. The number of amides is 2. The molecule has 0 unspecified atom stereocenters. The maximum absolute atomic E-state index is 12.9. The van der Waals surface area contributed by atoms with Crippen molar-refractivity contribution in [3.05, 3.63) is 54.2 Å². The van der Waals surface area contributed by atoms with Crippen molar-refractivity contribution < 1.29 is 14.3 Å². The van der Waals surface area contributed by atoms with Gasteiger partial charge in [0, 0.05) is 0 Å². The Morgan fingerprint density at radius 2 is 1.98 bits per heavy atom. The van der Waals surface area contributed by atoms with Crippen LogP contribution in [0.25, 0.3) is 5.65 Å². The standard InChI is InChI=1S/C29H37AsN7O3/c1-4-25(38)36-14-10-21(11-15-36)27(39)33-22-7-5-6-20(16-22)17-30-28-35-29(40-23-8-12-31-13-9-23)34-26-24(19(2)3)18-32-37(26)28/h4-7,16,18-19,21,23,31H,1,8-15,17H2,2-3H3,(H,33,39). The zero-order valence-electron chi connectivity index (χ0n) is 23.2. The molecule has 10 nitrogen and oxygen atoms in total. The van der Waals surface area contributed by atoms with E-state index in [0.29, 0.717) is 37.9 Å².